The van der Waals surface area contributed by atoms with Gasteiger partial charge in [-0.15, -0.1) is 0 Å². The zero-order chi connectivity index (χ0) is 13.1. The van der Waals surface area contributed by atoms with Crippen LogP contribution in [0, 0.1) is 5.82 Å². The lowest BCUT2D eigenvalue weighted by molar-refractivity contribution is 0.166. The molecule has 0 saturated carbocycles. The van der Waals surface area contributed by atoms with Gasteiger partial charge in [-0.3, -0.25) is 4.68 Å². The van der Waals surface area contributed by atoms with Gasteiger partial charge in [0.1, 0.15) is 5.82 Å². The second kappa shape index (κ2) is 5.63. The Morgan fingerprint density at radius 2 is 2.22 bits per heavy atom. The van der Waals surface area contributed by atoms with E-state index in [9.17, 15) is 9.50 Å². The number of aliphatic hydroxyl groups excluding tert-OH is 1. The Hall–Kier alpha value is -1.20. The van der Waals surface area contributed by atoms with Crippen molar-refractivity contribution in [2.75, 3.05) is 0 Å². The van der Waals surface area contributed by atoms with E-state index < -0.39 is 6.10 Å². The van der Waals surface area contributed by atoms with Gasteiger partial charge in [-0.25, -0.2) is 4.39 Å². The van der Waals surface area contributed by atoms with E-state index in [2.05, 4.69) is 21.0 Å². The van der Waals surface area contributed by atoms with Gasteiger partial charge in [0.25, 0.3) is 0 Å². The number of benzene rings is 1. The van der Waals surface area contributed by atoms with Crippen LogP contribution in [0.1, 0.15) is 24.3 Å². The molecule has 3 nitrogen and oxygen atoms in total. The summed E-state index contributed by atoms with van der Waals surface area (Å²) in [5, 5.41) is 14.2. The third-order valence-corrected chi connectivity index (χ3v) is 3.30. The minimum Gasteiger partial charge on any atom is -0.386 e. The van der Waals surface area contributed by atoms with Crippen molar-refractivity contribution in [1.82, 2.24) is 9.78 Å². The second-order valence-electron chi connectivity index (χ2n) is 4.03. The molecule has 0 spiro atoms. The normalized spacial score (nSPS) is 12.7. The molecule has 0 aliphatic carbocycles. The lowest BCUT2D eigenvalue weighted by Crippen LogP contribution is -2.10. The van der Waals surface area contributed by atoms with Crippen LogP contribution in [-0.2, 0) is 13.0 Å². The summed E-state index contributed by atoms with van der Waals surface area (Å²) in [6.07, 6.45) is 1.12. The molecule has 1 heterocycles. The summed E-state index contributed by atoms with van der Waals surface area (Å²) in [6, 6.07) is 6.47. The molecule has 0 radical (unpaired) electrons. The van der Waals surface area contributed by atoms with Crippen LogP contribution >= 0.6 is 15.9 Å². The third-order valence-electron chi connectivity index (χ3n) is 2.81. The zero-order valence-electron chi connectivity index (χ0n) is 9.98. The largest absolute Gasteiger partial charge is 0.386 e. The number of aliphatic hydroxyl groups is 1. The maximum absolute atomic E-state index is 13.6. The highest BCUT2D eigenvalue weighted by Gasteiger charge is 2.15. The molecule has 1 atom stereocenters. The van der Waals surface area contributed by atoms with Crippen molar-refractivity contribution < 1.29 is 9.50 Å². The molecule has 0 fully saturated rings. The molecule has 1 aromatic carbocycles. The molecule has 2 aromatic rings. The number of aromatic nitrogens is 2. The van der Waals surface area contributed by atoms with Crippen molar-refractivity contribution in [2.24, 2.45) is 0 Å². The smallest absolute Gasteiger partial charge is 0.126 e. The first-order valence-corrected chi connectivity index (χ1v) is 6.54. The standard InChI is InChI=1S/C13H14BrFN2O/c1-2-17-12(5-6-16-17)13(18)8-9-7-10(14)3-4-11(9)15/h3-7,13,18H,2,8H2,1H3. The minimum atomic E-state index is -0.753. The lowest BCUT2D eigenvalue weighted by atomic mass is 10.1. The number of halogens is 2. The van der Waals surface area contributed by atoms with Crippen LogP contribution in [0.15, 0.2) is 34.9 Å². The molecule has 0 amide bonds. The SMILES string of the molecule is CCn1nccc1C(O)Cc1cc(Br)ccc1F. The summed E-state index contributed by atoms with van der Waals surface area (Å²) in [5.41, 5.74) is 1.19. The van der Waals surface area contributed by atoms with Crippen molar-refractivity contribution in [2.45, 2.75) is 26.0 Å². The Labute approximate surface area is 113 Å². The van der Waals surface area contributed by atoms with Crippen LogP contribution in [0.2, 0.25) is 0 Å². The van der Waals surface area contributed by atoms with Gasteiger partial charge in [0, 0.05) is 23.6 Å². The quantitative estimate of drug-likeness (QED) is 0.942. The first kappa shape index (κ1) is 13.2. The van der Waals surface area contributed by atoms with Crippen LogP contribution in [0.5, 0.6) is 0 Å². The van der Waals surface area contributed by atoms with Gasteiger partial charge in [0.05, 0.1) is 11.8 Å². The number of rotatable bonds is 4. The fourth-order valence-corrected chi connectivity index (χ4v) is 2.31. The van der Waals surface area contributed by atoms with Gasteiger partial charge < -0.3 is 5.11 Å². The molecule has 18 heavy (non-hydrogen) atoms. The molecule has 5 heteroatoms. The fourth-order valence-electron chi connectivity index (χ4n) is 1.90. The molecule has 96 valence electrons. The summed E-state index contributed by atoms with van der Waals surface area (Å²) in [5.74, 6) is -0.306. The van der Waals surface area contributed by atoms with Crippen LogP contribution < -0.4 is 0 Å². The Balaban J connectivity index is 2.21. The van der Waals surface area contributed by atoms with Gasteiger partial charge >= 0.3 is 0 Å². The van der Waals surface area contributed by atoms with Crippen molar-refractivity contribution in [3.8, 4) is 0 Å². The van der Waals surface area contributed by atoms with Crippen LogP contribution in [0.4, 0.5) is 4.39 Å². The summed E-state index contributed by atoms with van der Waals surface area (Å²) in [6.45, 7) is 2.63. The van der Waals surface area contributed by atoms with Crippen molar-refractivity contribution in [3.63, 3.8) is 0 Å². The molecule has 0 saturated heterocycles. The number of hydrogen-bond donors (Lipinski definition) is 1. The first-order valence-electron chi connectivity index (χ1n) is 5.75. The van der Waals surface area contributed by atoms with Crippen molar-refractivity contribution in [1.29, 1.82) is 0 Å². The van der Waals surface area contributed by atoms with Crippen LogP contribution in [0.3, 0.4) is 0 Å². The molecule has 1 N–H and O–H groups in total. The number of hydrogen-bond acceptors (Lipinski definition) is 2. The number of nitrogens with zero attached hydrogens (tertiary/aromatic N) is 2. The highest BCUT2D eigenvalue weighted by atomic mass is 79.9. The van der Waals surface area contributed by atoms with E-state index >= 15 is 0 Å². The average molecular weight is 313 g/mol. The molecule has 0 aliphatic heterocycles. The number of aryl methyl sites for hydroxylation is 1. The predicted octanol–water partition coefficient (Wildman–Crippen LogP) is 3.08. The molecule has 0 aliphatic rings. The topological polar surface area (TPSA) is 38.0 Å². The van der Waals surface area contributed by atoms with Crippen LogP contribution in [-0.4, -0.2) is 14.9 Å². The van der Waals surface area contributed by atoms with E-state index in [-0.39, 0.29) is 12.2 Å². The van der Waals surface area contributed by atoms with Crippen molar-refractivity contribution >= 4 is 15.9 Å². The van der Waals surface area contributed by atoms with E-state index in [1.165, 1.54) is 6.07 Å². The van der Waals surface area contributed by atoms with Gasteiger partial charge in [-0.2, -0.15) is 5.10 Å². The maximum atomic E-state index is 13.6. The lowest BCUT2D eigenvalue weighted by Gasteiger charge is -2.13. The molecule has 1 unspecified atom stereocenters. The van der Waals surface area contributed by atoms with Gasteiger partial charge in [-0.1, -0.05) is 15.9 Å². The van der Waals surface area contributed by atoms with Crippen LogP contribution in [0.25, 0.3) is 0 Å². The summed E-state index contributed by atoms with van der Waals surface area (Å²) < 4.78 is 16.1. The highest BCUT2D eigenvalue weighted by molar-refractivity contribution is 9.10. The summed E-state index contributed by atoms with van der Waals surface area (Å²) in [4.78, 5) is 0. The Morgan fingerprint density at radius 1 is 1.44 bits per heavy atom. The summed E-state index contributed by atoms with van der Waals surface area (Å²) in [7, 11) is 0. The highest BCUT2D eigenvalue weighted by Crippen LogP contribution is 2.22. The first-order chi connectivity index (χ1) is 8.61. The molecule has 0 bridgehead atoms. The Bertz CT molecular complexity index is 542. The van der Waals surface area contributed by atoms with Crippen molar-refractivity contribution in [3.05, 3.63) is 52.0 Å². The second-order valence-corrected chi connectivity index (χ2v) is 4.94. The van der Waals surface area contributed by atoms with E-state index in [1.807, 2.05) is 6.92 Å². The molecule has 2 rings (SSSR count). The minimum absolute atomic E-state index is 0.233. The Kier molecular flexibility index (Phi) is 4.14. The van der Waals surface area contributed by atoms with E-state index in [4.69, 9.17) is 0 Å². The van der Waals surface area contributed by atoms with E-state index in [0.717, 1.165) is 4.47 Å². The monoisotopic (exact) mass is 312 g/mol. The van der Waals surface area contributed by atoms with E-state index in [1.54, 1.807) is 29.1 Å². The van der Waals surface area contributed by atoms with E-state index in [0.29, 0.717) is 17.8 Å². The molecular weight excluding hydrogens is 299 g/mol. The molecule has 1 aromatic heterocycles. The van der Waals surface area contributed by atoms with Gasteiger partial charge in [0.2, 0.25) is 0 Å². The Morgan fingerprint density at radius 3 is 2.94 bits per heavy atom. The zero-order valence-corrected chi connectivity index (χ0v) is 11.6. The third kappa shape index (κ3) is 2.79. The fraction of sp³-hybridized carbons (Fsp3) is 0.308. The van der Waals surface area contributed by atoms with Gasteiger partial charge in [0.15, 0.2) is 0 Å². The summed E-state index contributed by atoms with van der Waals surface area (Å²) >= 11 is 3.30. The molecular formula is C13H14BrFN2O. The maximum Gasteiger partial charge on any atom is 0.126 e. The predicted molar refractivity (Wildman–Crippen MR) is 70.7 cm³/mol. The van der Waals surface area contributed by atoms with Gasteiger partial charge in [-0.05, 0) is 36.8 Å². The average Bonchev–Trinajstić information content (AvgIpc) is 2.82.